The van der Waals surface area contributed by atoms with Crippen molar-refractivity contribution in [1.29, 1.82) is 0 Å². The molecule has 0 radical (unpaired) electrons. The Morgan fingerprint density at radius 1 is 1.55 bits per heavy atom. The Morgan fingerprint density at radius 2 is 2.27 bits per heavy atom. The van der Waals surface area contributed by atoms with Crippen molar-refractivity contribution in [1.82, 2.24) is 20.6 Å². The predicted octanol–water partition coefficient (Wildman–Crippen LogP) is -1.97. The van der Waals surface area contributed by atoms with Gasteiger partial charge in [-0.2, -0.15) is 5.21 Å². The fourth-order valence-corrected chi connectivity index (χ4v) is 0.989. The van der Waals surface area contributed by atoms with E-state index in [1.54, 1.807) is 0 Å². The number of rotatable bonds is 3. The highest BCUT2D eigenvalue weighted by molar-refractivity contribution is 7.89. The zero-order valence-corrected chi connectivity index (χ0v) is 6.37. The molecule has 0 unspecified atom stereocenters. The van der Waals surface area contributed by atoms with Crippen LogP contribution < -0.4 is 5.14 Å². The standard InChI is InChI=1S/C3H7N5O2S/c4-11(9,10)2-1-3-5-7-8-6-3/h1-2H2,(H2,4,9,10)(H,5,6,7,8). The van der Waals surface area contributed by atoms with Crippen LogP contribution in [-0.4, -0.2) is 34.8 Å². The van der Waals surface area contributed by atoms with Gasteiger partial charge in [0.2, 0.25) is 10.0 Å². The highest BCUT2D eigenvalue weighted by Gasteiger charge is 2.05. The minimum atomic E-state index is -3.42. The van der Waals surface area contributed by atoms with Gasteiger partial charge in [0.25, 0.3) is 0 Å². The third kappa shape index (κ3) is 3.05. The zero-order valence-electron chi connectivity index (χ0n) is 5.56. The van der Waals surface area contributed by atoms with Gasteiger partial charge in [-0.05, 0) is 0 Å². The smallest absolute Gasteiger partial charge is 0.209 e. The maximum absolute atomic E-state index is 10.4. The SMILES string of the molecule is NS(=O)(=O)CCc1nn[nH]n1. The molecule has 1 heterocycles. The van der Waals surface area contributed by atoms with Crippen LogP contribution in [0.4, 0.5) is 0 Å². The van der Waals surface area contributed by atoms with E-state index in [-0.39, 0.29) is 12.2 Å². The van der Waals surface area contributed by atoms with Crippen molar-refractivity contribution in [3.63, 3.8) is 0 Å². The number of aromatic amines is 1. The van der Waals surface area contributed by atoms with E-state index in [0.29, 0.717) is 5.82 Å². The number of aromatic nitrogens is 4. The van der Waals surface area contributed by atoms with Crippen molar-refractivity contribution in [3.05, 3.63) is 5.82 Å². The number of sulfonamides is 1. The van der Waals surface area contributed by atoms with E-state index in [1.807, 2.05) is 0 Å². The summed E-state index contributed by atoms with van der Waals surface area (Å²) in [5.41, 5.74) is 0. The first kappa shape index (κ1) is 8.08. The topological polar surface area (TPSA) is 115 Å². The highest BCUT2D eigenvalue weighted by Crippen LogP contribution is 1.88. The number of hydrogen-bond donors (Lipinski definition) is 2. The first-order valence-electron chi connectivity index (χ1n) is 2.81. The van der Waals surface area contributed by atoms with Crippen molar-refractivity contribution in [2.45, 2.75) is 6.42 Å². The number of nitrogens with zero attached hydrogens (tertiary/aromatic N) is 3. The summed E-state index contributed by atoms with van der Waals surface area (Å²) in [7, 11) is -3.42. The molecule has 7 nitrogen and oxygen atoms in total. The summed E-state index contributed by atoms with van der Waals surface area (Å²) < 4.78 is 20.8. The van der Waals surface area contributed by atoms with Gasteiger partial charge < -0.3 is 0 Å². The molecule has 3 N–H and O–H groups in total. The molecular formula is C3H7N5O2S. The third-order valence-electron chi connectivity index (χ3n) is 0.999. The summed E-state index contributed by atoms with van der Waals surface area (Å²) >= 11 is 0. The average Bonchev–Trinajstić information content (AvgIpc) is 2.32. The number of aryl methyl sites for hydroxylation is 1. The fraction of sp³-hybridized carbons (Fsp3) is 0.667. The second kappa shape index (κ2) is 2.93. The van der Waals surface area contributed by atoms with E-state index in [0.717, 1.165) is 0 Å². The summed E-state index contributed by atoms with van der Waals surface area (Å²) in [6.07, 6.45) is 0.190. The number of tetrazole rings is 1. The normalized spacial score (nSPS) is 11.7. The van der Waals surface area contributed by atoms with Crippen molar-refractivity contribution in [2.75, 3.05) is 5.75 Å². The van der Waals surface area contributed by atoms with Gasteiger partial charge in [0, 0.05) is 6.42 Å². The molecule has 0 aliphatic rings. The van der Waals surface area contributed by atoms with Gasteiger partial charge in [-0.25, -0.2) is 13.6 Å². The molecule has 11 heavy (non-hydrogen) atoms. The van der Waals surface area contributed by atoms with Gasteiger partial charge >= 0.3 is 0 Å². The van der Waals surface area contributed by atoms with Crippen LogP contribution in [0.1, 0.15) is 5.82 Å². The maximum atomic E-state index is 10.4. The second-order valence-electron chi connectivity index (χ2n) is 1.95. The lowest BCUT2D eigenvalue weighted by Crippen LogP contribution is -2.18. The Hall–Kier alpha value is -1.02. The summed E-state index contributed by atoms with van der Waals surface area (Å²) in [6.45, 7) is 0. The first-order chi connectivity index (χ1) is 5.08. The number of hydrogen-bond acceptors (Lipinski definition) is 5. The fourth-order valence-electron chi connectivity index (χ4n) is 0.522. The van der Waals surface area contributed by atoms with Crippen molar-refractivity contribution >= 4 is 10.0 Å². The maximum Gasteiger partial charge on any atom is 0.209 e. The van der Waals surface area contributed by atoms with Crippen LogP contribution in [0.5, 0.6) is 0 Å². The van der Waals surface area contributed by atoms with E-state index in [1.165, 1.54) is 0 Å². The Bertz CT molecular complexity index is 302. The summed E-state index contributed by atoms with van der Waals surface area (Å²) in [5, 5.41) is 17.3. The molecule has 0 atom stereocenters. The molecule has 1 aromatic heterocycles. The van der Waals surface area contributed by atoms with Crippen LogP contribution in [0.15, 0.2) is 0 Å². The van der Waals surface area contributed by atoms with Crippen LogP contribution in [-0.2, 0) is 16.4 Å². The minimum Gasteiger partial charge on any atom is -0.229 e. The van der Waals surface area contributed by atoms with Gasteiger partial charge in [0.1, 0.15) is 0 Å². The van der Waals surface area contributed by atoms with E-state index in [4.69, 9.17) is 5.14 Å². The largest absolute Gasteiger partial charge is 0.229 e. The van der Waals surface area contributed by atoms with Crippen LogP contribution in [0, 0.1) is 0 Å². The third-order valence-corrected chi connectivity index (χ3v) is 1.77. The summed E-state index contributed by atoms with van der Waals surface area (Å²) in [4.78, 5) is 0. The molecule has 0 spiro atoms. The molecule has 0 fully saturated rings. The Kier molecular flexibility index (Phi) is 2.15. The van der Waals surface area contributed by atoms with Gasteiger partial charge in [0.05, 0.1) is 5.75 Å². The van der Waals surface area contributed by atoms with E-state index >= 15 is 0 Å². The predicted molar refractivity (Wildman–Crippen MR) is 35.9 cm³/mol. The molecule has 0 saturated carbocycles. The number of primary sulfonamides is 1. The second-order valence-corrected chi connectivity index (χ2v) is 3.68. The number of nitrogens with two attached hydrogens (primary N) is 1. The molecular weight excluding hydrogens is 170 g/mol. The minimum absolute atomic E-state index is 0.160. The lowest BCUT2D eigenvalue weighted by Gasteiger charge is -1.91. The Balaban J connectivity index is 2.48. The molecule has 0 amide bonds. The summed E-state index contributed by atoms with van der Waals surface area (Å²) in [5.74, 6) is 0.186. The quantitative estimate of drug-likeness (QED) is 0.555. The number of H-pyrrole nitrogens is 1. The van der Waals surface area contributed by atoms with Crippen molar-refractivity contribution < 1.29 is 8.42 Å². The molecule has 8 heteroatoms. The van der Waals surface area contributed by atoms with E-state index in [9.17, 15) is 8.42 Å². The molecule has 0 aliphatic heterocycles. The van der Waals surface area contributed by atoms with Crippen LogP contribution in [0.25, 0.3) is 0 Å². The van der Waals surface area contributed by atoms with Crippen molar-refractivity contribution in [3.8, 4) is 0 Å². The first-order valence-corrected chi connectivity index (χ1v) is 4.52. The summed E-state index contributed by atoms with van der Waals surface area (Å²) in [6, 6.07) is 0. The van der Waals surface area contributed by atoms with Gasteiger partial charge in [-0.3, -0.25) is 0 Å². The molecule has 0 saturated heterocycles. The molecule has 0 bridgehead atoms. The van der Waals surface area contributed by atoms with Crippen LogP contribution >= 0.6 is 0 Å². The van der Waals surface area contributed by atoms with Crippen LogP contribution in [0.3, 0.4) is 0 Å². The molecule has 62 valence electrons. The molecule has 1 aromatic rings. The molecule has 1 rings (SSSR count). The lowest BCUT2D eigenvalue weighted by atomic mass is 10.5. The van der Waals surface area contributed by atoms with Crippen LogP contribution in [0.2, 0.25) is 0 Å². The zero-order chi connectivity index (χ0) is 8.32. The average molecular weight is 177 g/mol. The van der Waals surface area contributed by atoms with Gasteiger partial charge in [0.15, 0.2) is 5.82 Å². The monoisotopic (exact) mass is 177 g/mol. The highest BCUT2D eigenvalue weighted by atomic mass is 32.2. The van der Waals surface area contributed by atoms with Gasteiger partial charge in [-0.15, -0.1) is 10.2 Å². The van der Waals surface area contributed by atoms with Crippen molar-refractivity contribution in [2.24, 2.45) is 5.14 Å². The Morgan fingerprint density at radius 3 is 2.73 bits per heavy atom. The van der Waals surface area contributed by atoms with E-state index in [2.05, 4.69) is 20.6 Å². The van der Waals surface area contributed by atoms with E-state index < -0.39 is 10.0 Å². The molecule has 0 aliphatic carbocycles. The number of nitrogens with one attached hydrogen (secondary N) is 1. The Labute approximate surface area is 63.0 Å². The lowest BCUT2D eigenvalue weighted by molar-refractivity contribution is 0.596. The molecule has 0 aromatic carbocycles. The van der Waals surface area contributed by atoms with Gasteiger partial charge in [-0.1, -0.05) is 5.21 Å².